The van der Waals surface area contributed by atoms with E-state index in [0.717, 1.165) is 37.1 Å². The van der Waals surface area contributed by atoms with Crippen LogP contribution in [-0.2, 0) is 4.79 Å². The summed E-state index contributed by atoms with van der Waals surface area (Å²) in [6.45, 7) is 4.41. The Morgan fingerprint density at radius 1 is 1.28 bits per heavy atom. The fourth-order valence-electron chi connectivity index (χ4n) is 3.28. The fraction of sp³-hybridized carbons (Fsp3) is 0.579. The first-order chi connectivity index (χ1) is 11.8. The number of aliphatic imine (C=N–C) groups is 1. The number of hydrogen-bond donors (Lipinski definition) is 2. The average molecular weight is 346 g/mol. The van der Waals surface area contributed by atoms with Crippen molar-refractivity contribution in [3.63, 3.8) is 0 Å². The van der Waals surface area contributed by atoms with E-state index in [2.05, 4.69) is 10.3 Å². The van der Waals surface area contributed by atoms with Crippen molar-refractivity contribution in [2.24, 2.45) is 16.1 Å². The summed E-state index contributed by atoms with van der Waals surface area (Å²) < 4.78 is 5.62. The molecule has 0 aliphatic heterocycles. The summed E-state index contributed by atoms with van der Waals surface area (Å²) >= 11 is 0. The average Bonchev–Trinajstić information content (AvgIpc) is 3.03. The number of hydrogen-bond acceptors (Lipinski definition) is 3. The molecule has 25 heavy (non-hydrogen) atoms. The molecule has 1 amide bonds. The van der Waals surface area contributed by atoms with Gasteiger partial charge in [-0.2, -0.15) is 0 Å². The molecule has 1 aliphatic carbocycles. The lowest BCUT2D eigenvalue weighted by molar-refractivity contribution is -0.138. The van der Waals surface area contributed by atoms with Gasteiger partial charge in [0.25, 0.3) is 0 Å². The van der Waals surface area contributed by atoms with Crippen LogP contribution < -0.4 is 15.8 Å². The molecule has 0 radical (unpaired) electrons. The van der Waals surface area contributed by atoms with Crippen molar-refractivity contribution in [3.8, 4) is 5.75 Å². The topological polar surface area (TPSA) is 80.0 Å². The van der Waals surface area contributed by atoms with Crippen LogP contribution >= 0.6 is 0 Å². The molecular weight excluding hydrogens is 316 g/mol. The maximum Gasteiger partial charge on any atom is 0.230 e. The number of amides is 1. The van der Waals surface area contributed by atoms with Crippen LogP contribution in [-0.4, -0.2) is 43.5 Å². The molecule has 0 spiro atoms. The molecule has 1 aromatic carbocycles. The number of anilines is 1. The number of nitrogens with zero attached hydrogens (tertiary/aromatic N) is 2. The van der Waals surface area contributed by atoms with Gasteiger partial charge in [-0.25, -0.2) is 0 Å². The van der Waals surface area contributed by atoms with Crippen molar-refractivity contribution < 1.29 is 9.53 Å². The van der Waals surface area contributed by atoms with Crippen molar-refractivity contribution in [1.82, 2.24) is 4.90 Å². The quantitative estimate of drug-likeness (QED) is 0.613. The van der Waals surface area contributed by atoms with E-state index in [1.165, 1.54) is 0 Å². The predicted molar refractivity (Wildman–Crippen MR) is 102 cm³/mol. The number of guanidine groups is 1. The smallest absolute Gasteiger partial charge is 0.230 e. The van der Waals surface area contributed by atoms with Gasteiger partial charge in [0, 0.05) is 19.8 Å². The van der Waals surface area contributed by atoms with Gasteiger partial charge >= 0.3 is 0 Å². The molecule has 1 aliphatic rings. The molecule has 1 aromatic rings. The van der Waals surface area contributed by atoms with E-state index in [4.69, 9.17) is 10.5 Å². The van der Waals surface area contributed by atoms with Crippen molar-refractivity contribution in [3.05, 3.63) is 24.3 Å². The molecule has 2 rings (SSSR count). The van der Waals surface area contributed by atoms with Crippen LogP contribution in [0.3, 0.4) is 0 Å². The van der Waals surface area contributed by atoms with Crippen LogP contribution in [0.25, 0.3) is 0 Å². The summed E-state index contributed by atoms with van der Waals surface area (Å²) in [6, 6.07) is 7.58. The zero-order valence-corrected chi connectivity index (χ0v) is 15.7. The Morgan fingerprint density at radius 2 is 1.88 bits per heavy atom. The monoisotopic (exact) mass is 346 g/mol. The highest BCUT2D eigenvalue weighted by Crippen LogP contribution is 2.39. The fourth-order valence-corrected chi connectivity index (χ4v) is 3.28. The first kappa shape index (κ1) is 19.1. The first-order valence-electron chi connectivity index (χ1n) is 8.88. The van der Waals surface area contributed by atoms with Crippen molar-refractivity contribution in [2.75, 3.05) is 26.0 Å². The Kier molecular flexibility index (Phi) is 6.28. The normalized spacial score (nSPS) is 16.8. The highest BCUT2D eigenvalue weighted by molar-refractivity contribution is 5.92. The lowest BCUT2D eigenvalue weighted by Crippen LogP contribution is -2.41. The minimum absolute atomic E-state index is 0.141. The molecule has 0 saturated heterocycles. The number of carbonyl (C=O) groups excluding carboxylic acids is 1. The van der Waals surface area contributed by atoms with Gasteiger partial charge in [0.1, 0.15) is 5.75 Å². The van der Waals surface area contributed by atoms with Crippen LogP contribution in [0.1, 0.15) is 39.5 Å². The third-order valence-corrected chi connectivity index (χ3v) is 4.47. The SMILES string of the molecule is CC(C)Oc1ccc(NC(N)=NCC2(C(=O)N(C)C)CCCC2)cc1. The Morgan fingerprint density at radius 3 is 2.40 bits per heavy atom. The van der Waals surface area contributed by atoms with E-state index in [-0.39, 0.29) is 12.0 Å². The summed E-state index contributed by atoms with van der Waals surface area (Å²) in [7, 11) is 3.60. The Bertz CT molecular complexity index is 602. The van der Waals surface area contributed by atoms with Gasteiger partial charge in [0.05, 0.1) is 18.1 Å². The van der Waals surface area contributed by atoms with Crippen LogP contribution in [0.5, 0.6) is 5.75 Å². The second kappa shape index (κ2) is 8.23. The van der Waals surface area contributed by atoms with E-state index >= 15 is 0 Å². The lowest BCUT2D eigenvalue weighted by atomic mass is 9.85. The third-order valence-electron chi connectivity index (χ3n) is 4.47. The van der Waals surface area contributed by atoms with E-state index in [1.807, 2.05) is 38.1 Å². The molecule has 0 bridgehead atoms. The van der Waals surface area contributed by atoms with Gasteiger partial charge in [-0.1, -0.05) is 12.8 Å². The number of carbonyl (C=O) groups is 1. The molecule has 1 fully saturated rings. The van der Waals surface area contributed by atoms with E-state index in [1.54, 1.807) is 19.0 Å². The van der Waals surface area contributed by atoms with Crippen molar-refractivity contribution >= 4 is 17.6 Å². The van der Waals surface area contributed by atoms with Gasteiger partial charge in [-0.3, -0.25) is 9.79 Å². The van der Waals surface area contributed by atoms with Gasteiger partial charge in [-0.15, -0.1) is 0 Å². The molecule has 0 heterocycles. The van der Waals surface area contributed by atoms with Crippen LogP contribution in [0.15, 0.2) is 29.3 Å². The summed E-state index contributed by atoms with van der Waals surface area (Å²) in [6.07, 6.45) is 4.03. The Hall–Kier alpha value is -2.24. The maximum atomic E-state index is 12.5. The number of ether oxygens (including phenoxy) is 1. The number of nitrogens with two attached hydrogens (primary N) is 1. The molecular formula is C19H30N4O2. The van der Waals surface area contributed by atoms with Crippen LogP contribution in [0, 0.1) is 5.41 Å². The zero-order chi connectivity index (χ0) is 18.4. The standard InChI is InChI=1S/C19H30N4O2/c1-14(2)25-16-9-7-15(8-10-16)22-18(20)21-13-19(11-5-6-12-19)17(24)23(3)4/h7-10,14H,5-6,11-13H2,1-4H3,(H3,20,21,22). The largest absolute Gasteiger partial charge is 0.491 e. The van der Waals surface area contributed by atoms with Crippen molar-refractivity contribution in [2.45, 2.75) is 45.6 Å². The Balaban J connectivity index is 1.99. The molecule has 0 aromatic heterocycles. The summed E-state index contributed by atoms with van der Waals surface area (Å²) in [5.74, 6) is 1.30. The number of benzene rings is 1. The second-order valence-corrected chi connectivity index (χ2v) is 7.20. The van der Waals surface area contributed by atoms with Crippen LogP contribution in [0.2, 0.25) is 0 Å². The zero-order valence-electron chi connectivity index (χ0n) is 15.7. The molecule has 138 valence electrons. The lowest BCUT2D eigenvalue weighted by Gasteiger charge is -2.29. The molecule has 0 atom stereocenters. The Labute approximate surface area is 150 Å². The molecule has 6 nitrogen and oxygen atoms in total. The van der Waals surface area contributed by atoms with Gasteiger partial charge in [0.2, 0.25) is 5.91 Å². The minimum Gasteiger partial charge on any atom is -0.491 e. The highest BCUT2D eigenvalue weighted by Gasteiger charge is 2.41. The second-order valence-electron chi connectivity index (χ2n) is 7.20. The van der Waals surface area contributed by atoms with Gasteiger partial charge in [-0.05, 0) is 51.0 Å². The number of rotatable bonds is 6. The van der Waals surface area contributed by atoms with E-state index < -0.39 is 5.41 Å². The van der Waals surface area contributed by atoms with Crippen molar-refractivity contribution in [1.29, 1.82) is 0 Å². The van der Waals surface area contributed by atoms with Gasteiger partial charge in [0.15, 0.2) is 5.96 Å². The maximum absolute atomic E-state index is 12.5. The van der Waals surface area contributed by atoms with Gasteiger partial charge < -0.3 is 20.7 Å². The predicted octanol–water partition coefficient (Wildman–Crippen LogP) is 2.85. The summed E-state index contributed by atoms with van der Waals surface area (Å²) in [5.41, 5.74) is 6.47. The summed E-state index contributed by atoms with van der Waals surface area (Å²) in [5, 5.41) is 3.08. The molecule has 0 unspecified atom stereocenters. The molecule has 3 N–H and O–H groups in total. The van der Waals surface area contributed by atoms with E-state index in [0.29, 0.717) is 12.5 Å². The summed E-state index contributed by atoms with van der Waals surface area (Å²) in [4.78, 5) is 18.7. The minimum atomic E-state index is -0.398. The molecule has 6 heteroatoms. The first-order valence-corrected chi connectivity index (χ1v) is 8.88. The number of nitrogens with one attached hydrogen (secondary N) is 1. The highest BCUT2D eigenvalue weighted by atomic mass is 16.5. The van der Waals surface area contributed by atoms with Crippen LogP contribution in [0.4, 0.5) is 5.69 Å². The third kappa shape index (κ3) is 5.11. The molecule has 1 saturated carbocycles. The van der Waals surface area contributed by atoms with E-state index in [9.17, 15) is 4.79 Å².